The molecule has 0 bridgehead atoms. The van der Waals surface area contributed by atoms with Gasteiger partial charge in [0.2, 0.25) is 0 Å². The van der Waals surface area contributed by atoms with Gasteiger partial charge in [0.05, 0.1) is 17.6 Å². The first kappa shape index (κ1) is 20.8. The molecule has 2 N–H and O–H groups in total. The zero-order valence-corrected chi connectivity index (χ0v) is 18.1. The third kappa shape index (κ3) is 4.05. The highest BCUT2D eigenvalue weighted by atomic mass is 16.2. The molecule has 0 spiro atoms. The number of hydrogen-bond donors (Lipinski definition) is 2. The first-order chi connectivity index (χ1) is 16.1. The maximum absolute atomic E-state index is 12.8. The molecular weight excluding hydrogens is 416 g/mol. The van der Waals surface area contributed by atoms with Crippen molar-refractivity contribution in [1.82, 2.24) is 15.4 Å². The van der Waals surface area contributed by atoms with E-state index in [0.717, 1.165) is 25.1 Å². The maximum Gasteiger partial charge on any atom is 0.258 e. The molecule has 0 saturated carbocycles. The average Bonchev–Trinajstić information content (AvgIpc) is 2.85. The number of anilines is 1. The summed E-state index contributed by atoms with van der Waals surface area (Å²) >= 11 is 0. The van der Waals surface area contributed by atoms with Gasteiger partial charge < -0.3 is 9.47 Å². The Labute approximate surface area is 190 Å². The number of hydrogen-bond acceptors (Lipinski definition) is 4. The zero-order valence-electron chi connectivity index (χ0n) is 18.1. The van der Waals surface area contributed by atoms with Gasteiger partial charge in [-0.3, -0.25) is 25.2 Å². The smallest absolute Gasteiger partial charge is 0.258 e. The van der Waals surface area contributed by atoms with E-state index in [1.54, 1.807) is 16.7 Å². The normalized spacial score (nSPS) is 13.0. The minimum absolute atomic E-state index is 0.0336. The Kier molecular flexibility index (Phi) is 5.52. The molecule has 33 heavy (non-hydrogen) atoms. The summed E-state index contributed by atoms with van der Waals surface area (Å²) in [6, 6.07) is 22.5. The summed E-state index contributed by atoms with van der Waals surface area (Å²) in [7, 11) is 0. The van der Waals surface area contributed by atoms with Gasteiger partial charge in [0.25, 0.3) is 11.8 Å². The van der Waals surface area contributed by atoms with Crippen LogP contribution in [0.5, 0.6) is 0 Å². The second kappa shape index (κ2) is 8.78. The lowest BCUT2D eigenvalue weighted by atomic mass is 10.0. The van der Waals surface area contributed by atoms with E-state index in [2.05, 4.69) is 16.9 Å². The molecule has 0 fully saturated rings. The van der Waals surface area contributed by atoms with Crippen LogP contribution >= 0.6 is 0 Å². The fourth-order valence-electron chi connectivity index (χ4n) is 4.56. The van der Waals surface area contributed by atoms with Gasteiger partial charge in [0.15, 0.2) is 5.43 Å². The van der Waals surface area contributed by atoms with E-state index in [9.17, 15) is 14.4 Å². The molecule has 2 heterocycles. The summed E-state index contributed by atoms with van der Waals surface area (Å²) in [4.78, 5) is 40.1. The van der Waals surface area contributed by atoms with Crippen LogP contribution in [0.1, 0.15) is 12.0 Å². The predicted octanol–water partition coefficient (Wildman–Crippen LogP) is 2.75. The van der Waals surface area contributed by atoms with Crippen LogP contribution in [-0.4, -0.2) is 29.5 Å². The van der Waals surface area contributed by atoms with Gasteiger partial charge in [-0.2, -0.15) is 0 Å². The topological polar surface area (TPSA) is 83.4 Å². The highest BCUT2D eigenvalue weighted by Crippen LogP contribution is 2.26. The van der Waals surface area contributed by atoms with Gasteiger partial charge in [-0.25, -0.2) is 0 Å². The fraction of sp³-hybridized carbons (Fsp3) is 0.192. The molecule has 0 aliphatic carbocycles. The van der Waals surface area contributed by atoms with Crippen LogP contribution in [0.15, 0.2) is 77.6 Å². The lowest BCUT2D eigenvalue weighted by molar-refractivity contribution is -0.128. The summed E-state index contributed by atoms with van der Waals surface area (Å²) < 4.78 is 1.80. The first-order valence-electron chi connectivity index (χ1n) is 11.0. The van der Waals surface area contributed by atoms with Crippen LogP contribution in [0.25, 0.3) is 21.8 Å². The number of benzene rings is 3. The Morgan fingerprint density at radius 3 is 2.03 bits per heavy atom. The number of aryl methyl sites for hydroxylation is 1. The van der Waals surface area contributed by atoms with Crippen LogP contribution in [0.3, 0.4) is 0 Å². The summed E-state index contributed by atoms with van der Waals surface area (Å²) in [5, 5.41) is 1.11. The molecule has 2 amide bonds. The molecule has 0 unspecified atom stereocenters. The number of amides is 2. The lowest BCUT2D eigenvalue weighted by Gasteiger charge is -2.30. The minimum Gasteiger partial charge on any atom is -0.362 e. The van der Waals surface area contributed by atoms with E-state index in [-0.39, 0.29) is 30.3 Å². The minimum atomic E-state index is -0.374. The number of nitrogens with one attached hydrogen (secondary N) is 2. The van der Waals surface area contributed by atoms with Crippen LogP contribution in [0.4, 0.5) is 5.69 Å². The number of fused-ring (bicyclic) bond motifs is 3. The number of rotatable bonds is 4. The monoisotopic (exact) mass is 440 g/mol. The zero-order chi connectivity index (χ0) is 22.8. The Bertz CT molecular complexity index is 1370. The van der Waals surface area contributed by atoms with Gasteiger partial charge in [-0.15, -0.1) is 0 Å². The third-order valence-corrected chi connectivity index (χ3v) is 6.06. The molecule has 7 heteroatoms. The molecular formula is C26H24N4O3. The van der Waals surface area contributed by atoms with E-state index in [1.807, 2.05) is 59.5 Å². The Balaban J connectivity index is 1.31. The lowest BCUT2D eigenvalue weighted by Crippen LogP contribution is -2.48. The molecule has 1 aromatic heterocycles. The maximum atomic E-state index is 12.8. The van der Waals surface area contributed by atoms with Crippen molar-refractivity contribution >= 4 is 39.3 Å². The molecule has 4 aromatic rings. The van der Waals surface area contributed by atoms with E-state index in [1.165, 1.54) is 5.56 Å². The molecule has 1 aliphatic heterocycles. The fourth-order valence-corrected chi connectivity index (χ4v) is 4.56. The summed E-state index contributed by atoms with van der Waals surface area (Å²) in [6.07, 6.45) is 2.00. The van der Waals surface area contributed by atoms with Crippen molar-refractivity contribution in [2.75, 3.05) is 18.0 Å². The van der Waals surface area contributed by atoms with Crippen LogP contribution in [-0.2, 0) is 22.6 Å². The van der Waals surface area contributed by atoms with E-state index >= 15 is 0 Å². The van der Waals surface area contributed by atoms with Crippen molar-refractivity contribution in [2.45, 2.75) is 19.4 Å². The quantitative estimate of drug-likeness (QED) is 0.378. The average molecular weight is 441 g/mol. The number of para-hydroxylation sites is 3. The van der Waals surface area contributed by atoms with Crippen molar-refractivity contribution in [1.29, 1.82) is 0 Å². The third-order valence-electron chi connectivity index (χ3n) is 6.06. The first-order valence-corrected chi connectivity index (χ1v) is 11.0. The van der Waals surface area contributed by atoms with Crippen LogP contribution in [0.2, 0.25) is 0 Å². The predicted molar refractivity (Wildman–Crippen MR) is 129 cm³/mol. The largest absolute Gasteiger partial charge is 0.362 e. The van der Waals surface area contributed by atoms with E-state index in [4.69, 9.17) is 0 Å². The second-order valence-electron chi connectivity index (χ2n) is 8.20. The molecule has 0 saturated heterocycles. The van der Waals surface area contributed by atoms with Gasteiger partial charge in [0, 0.05) is 23.0 Å². The number of carbonyl (C=O) groups is 2. The number of carbonyl (C=O) groups excluding carboxylic acids is 2. The molecule has 1 aliphatic rings. The summed E-state index contributed by atoms with van der Waals surface area (Å²) in [6.45, 7) is 0.934. The van der Waals surface area contributed by atoms with Gasteiger partial charge >= 0.3 is 0 Å². The standard InChI is InChI=1S/C26H24N4O3/c31-24(16-29-15-7-9-18-8-1-4-12-21(18)29)27-28-25(32)17-30-22-13-5-2-10-19(22)26(33)20-11-3-6-14-23(20)30/h1-6,8,10-14H,7,9,15-17H2,(H,27,31)(H,28,32). The van der Waals surface area contributed by atoms with Crippen molar-refractivity contribution in [3.63, 3.8) is 0 Å². The molecule has 3 aromatic carbocycles. The Morgan fingerprint density at radius 2 is 1.33 bits per heavy atom. The van der Waals surface area contributed by atoms with Crippen molar-refractivity contribution < 1.29 is 9.59 Å². The second-order valence-corrected chi connectivity index (χ2v) is 8.20. The van der Waals surface area contributed by atoms with Crippen molar-refractivity contribution in [3.05, 3.63) is 88.6 Å². The molecule has 0 radical (unpaired) electrons. The highest BCUT2D eigenvalue weighted by Gasteiger charge is 2.19. The van der Waals surface area contributed by atoms with Crippen molar-refractivity contribution in [2.24, 2.45) is 0 Å². The summed E-state index contributed by atoms with van der Waals surface area (Å²) in [5.74, 6) is -0.656. The molecule has 7 nitrogen and oxygen atoms in total. The SMILES string of the molecule is O=C(CN1CCCc2ccccc21)NNC(=O)Cn1c2ccccc2c(=O)c2ccccc21. The van der Waals surface area contributed by atoms with E-state index in [0.29, 0.717) is 21.8 Å². The summed E-state index contributed by atoms with van der Waals surface area (Å²) in [5.41, 5.74) is 8.64. The molecule has 0 atom stereocenters. The molecule has 166 valence electrons. The van der Waals surface area contributed by atoms with Gasteiger partial charge in [-0.1, -0.05) is 42.5 Å². The van der Waals surface area contributed by atoms with E-state index < -0.39 is 0 Å². The Morgan fingerprint density at radius 1 is 0.758 bits per heavy atom. The van der Waals surface area contributed by atoms with Crippen LogP contribution < -0.4 is 21.2 Å². The van der Waals surface area contributed by atoms with Crippen LogP contribution in [0, 0.1) is 0 Å². The highest BCUT2D eigenvalue weighted by molar-refractivity contribution is 5.95. The van der Waals surface area contributed by atoms with Gasteiger partial charge in [-0.05, 0) is 48.7 Å². The van der Waals surface area contributed by atoms with Crippen molar-refractivity contribution in [3.8, 4) is 0 Å². The number of pyridine rings is 1. The Hall–Kier alpha value is -4.13. The molecule has 5 rings (SSSR count). The van der Waals surface area contributed by atoms with Gasteiger partial charge in [0.1, 0.15) is 6.54 Å². The number of hydrazine groups is 1. The number of aromatic nitrogens is 1. The number of nitrogens with zero attached hydrogens (tertiary/aromatic N) is 2.